The molecule has 1 aliphatic carbocycles. The number of methoxy groups -OCH3 is 1. The molecule has 1 amide bonds. The number of amides is 1. The lowest BCUT2D eigenvalue weighted by Gasteiger charge is -2.15. The van der Waals surface area contributed by atoms with E-state index in [1.54, 1.807) is 0 Å². The average molecular weight is 547 g/mol. The van der Waals surface area contributed by atoms with Gasteiger partial charge in [0.1, 0.15) is 6.10 Å². The largest absolute Gasteiger partial charge is 0.468 e. The van der Waals surface area contributed by atoms with Crippen LogP contribution in [-0.4, -0.2) is 23.5 Å². The molecule has 5 rings (SSSR count). The number of nitrogens with zero attached hydrogens (tertiary/aromatic N) is 1. The maximum Gasteiger partial charge on any atom is 0.412 e. The molecule has 1 atom stereocenters. The Balaban J connectivity index is 1.34. The Morgan fingerprint density at radius 2 is 1.71 bits per heavy atom. The third-order valence-corrected chi connectivity index (χ3v) is 8.25. The van der Waals surface area contributed by atoms with E-state index < -0.39 is 17.6 Å². The highest BCUT2D eigenvalue weighted by Crippen LogP contribution is 2.49. The minimum absolute atomic E-state index is 0.185. The molecule has 1 aliphatic rings. The van der Waals surface area contributed by atoms with Crippen molar-refractivity contribution in [3.8, 4) is 21.6 Å². The number of esters is 1. The van der Waals surface area contributed by atoms with E-state index in [0.29, 0.717) is 16.4 Å². The van der Waals surface area contributed by atoms with Gasteiger partial charge in [-0.3, -0.25) is 10.1 Å². The summed E-state index contributed by atoms with van der Waals surface area (Å²) in [5.41, 5.74) is 5.33. The lowest BCUT2D eigenvalue weighted by Crippen LogP contribution is -2.21. The number of anilines is 1. The molecule has 1 saturated carbocycles. The maximum absolute atomic E-state index is 12.7. The third-order valence-electron chi connectivity index (χ3n) is 6.95. The molecule has 0 bridgehead atoms. The van der Waals surface area contributed by atoms with Crippen molar-refractivity contribution in [2.24, 2.45) is 0 Å². The molecular weight excluding hydrogens is 520 g/mol. The molecule has 1 N–H and O–H groups in total. The van der Waals surface area contributed by atoms with Crippen LogP contribution in [-0.2, 0) is 19.7 Å². The van der Waals surface area contributed by atoms with Crippen LogP contribution in [0.15, 0.2) is 72.8 Å². The van der Waals surface area contributed by atoms with E-state index >= 15 is 0 Å². The number of ether oxygens (including phenoxy) is 2. The first-order chi connectivity index (χ1) is 18.3. The normalized spacial score (nSPS) is 14.4. The summed E-state index contributed by atoms with van der Waals surface area (Å²) in [5, 5.41) is 3.44. The summed E-state index contributed by atoms with van der Waals surface area (Å²) in [6.07, 6.45) is 0.665. The van der Waals surface area contributed by atoms with E-state index in [1.165, 1.54) is 18.6 Å². The van der Waals surface area contributed by atoms with Crippen LogP contribution in [0.2, 0.25) is 5.02 Å². The van der Waals surface area contributed by atoms with E-state index in [0.717, 1.165) is 45.5 Å². The third kappa shape index (κ3) is 5.04. The van der Waals surface area contributed by atoms with E-state index in [-0.39, 0.29) is 5.97 Å². The zero-order chi connectivity index (χ0) is 26.9. The van der Waals surface area contributed by atoms with E-state index in [2.05, 4.69) is 9.69 Å². The van der Waals surface area contributed by atoms with Gasteiger partial charge in [-0.05, 0) is 66.5 Å². The highest BCUT2D eigenvalue weighted by Gasteiger charge is 2.52. The van der Waals surface area contributed by atoms with E-state index in [1.807, 2.05) is 86.6 Å². The van der Waals surface area contributed by atoms with Crippen LogP contribution in [0.5, 0.6) is 0 Å². The van der Waals surface area contributed by atoms with Crippen LogP contribution in [0.3, 0.4) is 0 Å². The van der Waals surface area contributed by atoms with Crippen LogP contribution < -0.4 is 5.32 Å². The molecule has 1 unspecified atom stereocenters. The first-order valence-electron chi connectivity index (χ1n) is 12.3. The summed E-state index contributed by atoms with van der Waals surface area (Å²) < 4.78 is 15.0. The highest BCUT2D eigenvalue weighted by atomic mass is 35.5. The fraction of sp³-hybridized carbons (Fsp3) is 0.233. The highest BCUT2D eigenvalue weighted by molar-refractivity contribution is 7.10. The van der Waals surface area contributed by atoms with Crippen LogP contribution in [0.4, 0.5) is 10.5 Å². The van der Waals surface area contributed by atoms with Gasteiger partial charge in [0.25, 0.3) is 0 Å². The van der Waals surface area contributed by atoms with Gasteiger partial charge in [0.15, 0.2) is 0 Å². The zero-order valence-corrected chi connectivity index (χ0v) is 22.9. The monoisotopic (exact) mass is 546 g/mol. The van der Waals surface area contributed by atoms with Gasteiger partial charge >= 0.3 is 12.1 Å². The van der Waals surface area contributed by atoms with Gasteiger partial charge < -0.3 is 9.47 Å². The molecule has 8 heteroatoms. The summed E-state index contributed by atoms with van der Waals surface area (Å²) in [6, 6.07) is 23.3. The number of aryl methyl sites for hydroxylation is 1. The van der Waals surface area contributed by atoms with Crippen LogP contribution in [0.1, 0.15) is 42.7 Å². The topological polar surface area (TPSA) is 77.5 Å². The number of halogens is 1. The Morgan fingerprint density at radius 3 is 2.34 bits per heavy atom. The molecule has 3 aromatic carbocycles. The molecule has 1 aromatic heterocycles. The smallest absolute Gasteiger partial charge is 0.412 e. The second-order valence-corrected chi connectivity index (χ2v) is 10.6. The lowest BCUT2D eigenvalue weighted by atomic mass is 9.93. The van der Waals surface area contributed by atoms with Crippen LogP contribution >= 0.6 is 23.1 Å². The SMILES string of the molecule is COC(=O)C1(c2ccc(-c3ccc(-c4snc(C)c4NC(=O)OC(C)c4ccccc4)cc3Cl)cc2)CC1. The number of hydrogen-bond donors (Lipinski definition) is 1. The van der Waals surface area contributed by atoms with Crippen molar-refractivity contribution in [3.63, 3.8) is 0 Å². The molecule has 38 heavy (non-hydrogen) atoms. The van der Waals surface area contributed by atoms with Crippen LogP contribution in [0, 0.1) is 6.92 Å². The molecular formula is C30H27ClN2O4S. The van der Waals surface area contributed by atoms with Gasteiger partial charge in [-0.2, -0.15) is 4.37 Å². The quantitative estimate of drug-likeness (QED) is 0.238. The lowest BCUT2D eigenvalue weighted by molar-refractivity contribution is -0.143. The van der Waals surface area contributed by atoms with Crippen molar-refractivity contribution in [2.45, 2.75) is 38.2 Å². The van der Waals surface area contributed by atoms with Gasteiger partial charge in [-0.25, -0.2) is 4.79 Å². The summed E-state index contributed by atoms with van der Waals surface area (Å²) in [6.45, 7) is 3.67. The molecule has 0 spiro atoms. The number of benzene rings is 3. The molecule has 6 nitrogen and oxygen atoms in total. The molecule has 4 aromatic rings. The van der Waals surface area contributed by atoms with E-state index in [4.69, 9.17) is 21.1 Å². The van der Waals surface area contributed by atoms with Crippen molar-refractivity contribution in [1.29, 1.82) is 0 Å². The van der Waals surface area contributed by atoms with Gasteiger partial charge in [0, 0.05) is 10.6 Å². The number of carbonyl (C=O) groups is 2. The van der Waals surface area contributed by atoms with E-state index in [9.17, 15) is 9.59 Å². The maximum atomic E-state index is 12.7. The van der Waals surface area contributed by atoms with Crippen molar-refractivity contribution in [3.05, 3.63) is 94.6 Å². The van der Waals surface area contributed by atoms with Gasteiger partial charge in [0.2, 0.25) is 0 Å². The van der Waals surface area contributed by atoms with Crippen LogP contribution in [0.25, 0.3) is 21.6 Å². The predicted molar refractivity (Wildman–Crippen MR) is 151 cm³/mol. The fourth-order valence-electron chi connectivity index (χ4n) is 4.59. The molecule has 194 valence electrons. The molecule has 0 saturated heterocycles. The van der Waals surface area contributed by atoms with Gasteiger partial charge in [0.05, 0.1) is 28.8 Å². The number of carbonyl (C=O) groups excluding carboxylic acids is 2. The Labute approximate surface area is 230 Å². The Kier molecular flexibility index (Phi) is 7.23. The zero-order valence-electron chi connectivity index (χ0n) is 21.3. The number of nitrogens with one attached hydrogen (secondary N) is 1. The molecule has 0 radical (unpaired) electrons. The second kappa shape index (κ2) is 10.6. The Hall–Kier alpha value is -3.68. The second-order valence-electron chi connectivity index (χ2n) is 9.40. The van der Waals surface area contributed by atoms with Gasteiger partial charge in [-0.15, -0.1) is 0 Å². The first-order valence-corrected chi connectivity index (χ1v) is 13.5. The molecule has 1 fully saturated rings. The Morgan fingerprint density at radius 1 is 1.03 bits per heavy atom. The van der Waals surface area contributed by atoms with Crippen molar-refractivity contribution in [2.75, 3.05) is 12.4 Å². The molecule has 0 aliphatic heterocycles. The summed E-state index contributed by atoms with van der Waals surface area (Å²) in [7, 11) is 1.43. The number of rotatable bonds is 7. The minimum atomic E-state index is -0.547. The standard InChI is InChI=1S/C30H27ClN2O4S/c1-18-26(32-29(35)37-19(2)20-7-5-4-6-8-20)27(38-33-18)22-11-14-24(25(31)17-22)21-9-12-23(13-10-21)30(15-16-30)28(34)36-3/h4-14,17,19H,15-16H2,1-3H3,(H,32,35). The predicted octanol–water partition coefficient (Wildman–Crippen LogP) is 7.95. The minimum Gasteiger partial charge on any atom is -0.468 e. The fourth-order valence-corrected chi connectivity index (χ4v) is 5.72. The van der Waals surface area contributed by atoms with Crippen molar-refractivity contribution >= 4 is 40.9 Å². The van der Waals surface area contributed by atoms with Crippen molar-refractivity contribution < 1.29 is 19.1 Å². The summed E-state index contributed by atoms with van der Waals surface area (Å²) >= 11 is 8.02. The summed E-state index contributed by atoms with van der Waals surface area (Å²) in [5.74, 6) is -0.185. The average Bonchev–Trinajstić information content (AvgIpc) is 3.67. The number of aromatic nitrogens is 1. The van der Waals surface area contributed by atoms with Gasteiger partial charge in [-0.1, -0.05) is 78.3 Å². The summed E-state index contributed by atoms with van der Waals surface area (Å²) in [4.78, 5) is 25.7. The molecule has 1 heterocycles. The number of hydrogen-bond acceptors (Lipinski definition) is 6. The van der Waals surface area contributed by atoms with Crippen molar-refractivity contribution in [1.82, 2.24) is 4.37 Å². The Bertz CT molecular complexity index is 1480. The first kappa shape index (κ1) is 25.9.